The van der Waals surface area contributed by atoms with Gasteiger partial charge in [0.15, 0.2) is 0 Å². The Balaban J connectivity index is 1.30. The lowest BCUT2D eigenvalue weighted by Gasteiger charge is -2.52. The van der Waals surface area contributed by atoms with E-state index in [1.54, 1.807) is 11.1 Å². The van der Waals surface area contributed by atoms with E-state index in [0.29, 0.717) is 0 Å². The van der Waals surface area contributed by atoms with E-state index in [9.17, 15) is 0 Å². The van der Waals surface area contributed by atoms with Gasteiger partial charge in [0.25, 0.3) is 6.71 Å². The topological polar surface area (TPSA) is 6.48 Å². The van der Waals surface area contributed by atoms with Crippen LogP contribution in [0.5, 0.6) is 0 Å². The molecule has 2 nitrogen and oxygen atoms in total. The molecule has 2 bridgehead atoms. The molecule has 354 valence electrons. The van der Waals surface area contributed by atoms with Crippen molar-refractivity contribution < 1.29 is 0 Å². The van der Waals surface area contributed by atoms with Crippen molar-refractivity contribution in [3.05, 3.63) is 123 Å². The van der Waals surface area contributed by atoms with E-state index in [4.69, 9.17) is 0 Å². The number of fused-ring (bicyclic) bond motifs is 9. The van der Waals surface area contributed by atoms with Crippen LogP contribution in [0.4, 0.5) is 34.1 Å². The highest BCUT2D eigenvalue weighted by Gasteiger charge is 2.51. The van der Waals surface area contributed by atoms with Crippen LogP contribution >= 0.6 is 11.3 Å². The molecule has 6 aromatic rings. The molecule has 0 amide bonds. The van der Waals surface area contributed by atoms with Crippen LogP contribution in [0, 0.1) is 0 Å². The average Bonchev–Trinajstić information content (AvgIpc) is 3.62. The Bertz CT molecular complexity index is 3070. The lowest BCUT2D eigenvalue weighted by atomic mass is 9.36. The molecule has 5 aromatic carbocycles. The maximum atomic E-state index is 2.79. The lowest BCUT2D eigenvalue weighted by Crippen LogP contribution is -2.60. The molecular weight excluding hydrogens is 840 g/mol. The summed E-state index contributed by atoms with van der Waals surface area (Å²) in [6.45, 7) is 43.8. The fourth-order valence-electron chi connectivity index (χ4n) is 13.2. The van der Waals surface area contributed by atoms with Gasteiger partial charge in [0.1, 0.15) is 0 Å². The first-order valence-corrected chi connectivity index (χ1v) is 27.1. The molecule has 68 heavy (non-hydrogen) atoms. The number of anilines is 6. The number of rotatable bonds is 2. The zero-order chi connectivity index (χ0) is 48.8. The fourth-order valence-corrected chi connectivity index (χ4v) is 14.5. The molecule has 12 rings (SSSR count). The maximum absolute atomic E-state index is 2.79. The monoisotopic (exact) mass is 919 g/mol. The smallest absolute Gasteiger partial charge is 0.264 e. The number of hydrogen-bond donors (Lipinski definition) is 0. The minimum absolute atomic E-state index is 0.0127. The number of thiophene rings is 1. The molecule has 0 N–H and O–H groups in total. The predicted octanol–water partition coefficient (Wildman–Crippen LogP) is 16.6. The van der Waals surface area contributed by atoms with Crippen molar-refractivity contribution in [2.75, 3.05) is 9.80 Å². The standard InChI is InChI=1S/C64H79BN2S/c1-57(2,3)38-19-22-50-49(32-38)65-54-51(66(50)43-30-39(58(4,5)6)29-40(31-43)59(7,8)9)33-41(60(10,11)12)34-52(54)67(42-20-21-45-46(35-42)62(15,16)24-23-61(45,13)14)55-44-36-47-48(37-53(44)68-56(55)65)64(18)27-25-63(47,17)26-28-64/h19-22,29-37H,23-28H2,1-18H3. The van der Waals surface area contributed by atoms with Crippen molar-refractivity contribution >= 4 is 78.0 Å². The first-order chi connectivity index (χ1) is 31.4. The van der Waals surface area contributed by atoms with Crippen molar-refractivity contribution in [2.45, 2.75) is 206 Å². The lowest BCUT2D eigenvalue weighted by molar-refractivity contribution is 0.188. The normalized spacial score (nSPS) is 22.5. The van der Waals surface area contributed by atoms with Crippen molar-refractivity contribution in [1.29, 1.82) is 0 Å². The minimum atomic E-state index is -0.0975. The summed E-state index contributed by atoms with van der Waals surface area (Å²) in [7, 11) is 0. The quantitative estimate of drug-likeness (QED) is 0.159. The van der Waals surface area contributed by atoms with Crippen molar-refractivity contribution in [3.8, 4) is 0 Å². The van der Waals surface area contributed by atoms with Crippen LogP contribution in [0.15, 0.2) is 78.9 Å². The summed E-state index contributed by atoms with van der Waals surface area (Å²) in [4.78, 5) is 5.49. The van der Waals surface area contributed by atoms with Gasteiger partial charge in [-0.05, 0) is 192 Å². The molecule has 4 aliphatic carbocycles. The summed E-state index contributed by atoms with van der Waals surface area (Å²) in [6, 6.07) is 33.4. The van der Waals surface area contributed by atoms with Crippen LogP contribution in [0.2, 0.25) is 0 Å². The van der Waals surface area contributed by atoms with E-state index in [1.807, 2.05) is 0 Å². The summed E-state index contributed by atoms with van der Waals surface area (Å²) in [5, 5.41) is 1.44. The molecular formula is C64H79BN2S. The van der Waals surface area contributed by atoms with Crippen LogP contribution in [0.1, 0.15) is 208 Å². The first-order valence-electron chi connectivity index (χ1n) is 26.3. The number of nitrogens with zero attached hydrogens (tertiary/aromatic N) is 2. The van der Waals surface area contributed by atoms with E-state index < -0.39 is 0 Å². The van der Waals surface area contributed by atoms with Crippen molar-refractivity contribution in [2.24, 2.45) is 0 Å². The molecule has 1 aromatic heterocycles. The van der Waals surface area contributed by atoms with Gasteiger partial charge in [0, 0.05) is 43.3 Å². The van der Waals surface area contributed by atoms with Crippen LogP contribution < -0.4 is 25.5 Å². The van der Waals surface area contributed by atoms with E-state index >= 15 is 0 Å². The SMILES string of the molecule is CC(C)(C)c1cc(N2c3ccc(C(C)(C)C)cc3B3c4sc5cc6c(cc5c4N(c4ccc5c(c4)C(C)(C)CCC5(C)C)c4cc(C(C)(C)C)cc2c43)C2(C)CCC6(C)CC2)cc(C(C)(C)C)c1. The molecule has 0 atom stereocenters. The second kappa shape index (κ2) is 14.2. The Morgan fingerprint density at radius 1 is 0.441 bits per heavy atom. The minimum Gasteiger partial charge on any atom is -0.311 e. The van der Waals surface area contributed by atoms with E-state index in [0.717, 1.165) is 0 Å². The molecule has 6 aliphatic rings. The van der Waals surface area contributed by atoms with Gasteiger partial charge in [0.2, 0.25) is 0 Å². The molecule has 4 heteroatoms. The van der Waals surface area contributed by atoms with Gasteiger partial charge < -0.3 is 9.80 Å². The van der Waals surface area contributed by atoms with Crippen molar-refractivity contribution in [1.82, 2.24) is 0 Å². The fraction of sp³-hybridized carbons (Fsp3) is 0.500. The van der Waals surface area contributed by atoms with Crippen LogP contribution in [0.3, 0.4) is 0 Å². The van der Waals surface area contributed by atoms with Gasteiger partial charge in [0.05, 0.1) is 5.69 Å². The molecule has 0 unspecified atom stereocenters. The molecule has 3 heterocycles. The second-order valence-corrected chi connectivity index (χ2v) is 29.5. The van der Waals surface area contributed by atoms with Crippen molar-refractivity contribution in [3.63, 3.8) is 0 Å². The largest absolute Gasteiger partial charge is 0.311 e. The number of benzene rings is 5. The zero-order valence-electron chi connectivity index (χ0n) is 45.1. The first kappa shape index (κ1) is 46.1. The molecule has 2 aliphatic heterocycles. The third-order valence-corrected chi connectivity index (χ3v) is 19.5. The highest BCUT2D eigenvalue weighted by Crippen LogP contribution is 2.59. The highest BCUT2D eigenvalue weighted by molar-refractivity contribution is 7.33. The highest BCUT2D eigenvalue weighted by atomic mass is 32.1. The summed E-state index contributed by atoms with van der Waals surface area (Å²) < 4.78 is 2.94. The average molecular weight is 919 g/mol. The van der Waals surface area contributed by atoms with Gasteiger partial charge in [-0.25, -0.2) is 0 Å². The van der Waals surface area contributed by atoms with Gasteiger partial charge in [-0.1, -0.05) is 149 Å². The van der Waals surface area contributed by atoms with Crippen LogP contribution in [-0.4, -0.2) is 6.71 Å². The third kappa shape index (κ3) is 6.82. The molecule has 0 saturated heterocycles. The van der Waals surface area contributed by atoms with E-state index in [2.05, 4.69) is 225 Å². The van der Waals surface area contributed by atoms with Crippen LogP contribution in [-0.2, 0) is 43.3 Å². The molecule has 1 fully saturated rings. The predicted molar refractivity (Wildman–Crippen MR) is 299 cm³/mol. The zero-order valence-corrected chi connectivity index (χ0v) is 45.9. The summed E-state index contributed by atoms with van der Waals surface area (Å²) in [5.74, 6) is 0. The van der Waals surface area contributed by atoms with Gasteiger partial charge in [-0.3, -0.25) is 0 Å². The summed E-state index contributed by atoms with van der Waals surface area (Å²) in [5.41, 5.74) is 23.1. The Hall–Kier alpha value is -4.28. The van der Waals surface area contributed by atoms with Gasteiger partial charge >= 0.3 is 0 Å². The number of hydrogen-bond acceptors (Lipinski definition) is 3. The van der Waals surface area contributed by atoms with Gasteiger partial charge in [-0.15, -0.1) is 11.3 Å². The van der Waals surface area contributed by atoms with E-state index in [-0.39, 0.29) is 50.0 Å². The van der Waals surface area contributed by atoms with E-state index in [1.165, 1.54) is 132 Å². The molecule has 1 saturated carbocycles. The second-order valence-electron chi connectivity index (χ2n) is 28.4. The molecule has 0 spiro atoms. The summed E-state index contributed by atoms with van der Waals surface area (Å²) in [6.07, 6.45) is 7.54. The summed E-state index contributed by atoms with van der Waals surface area (Å²) >= 11 is 2.10. The Labute approximate surface area is 415 Å². The maximum Gasteiger partial charge on any atom is 0.264 e. The molecule has 0 radical (unpaired) electrons. The Morgan fingerprint density at radius 2 is 0.956 bits per heavy atom. The van der Waals surface area contributed by atoms with Crippen LogP contribution in [0.25, 0.3) is 10.1 Å². The Kier molecular flexibility index (Phi) is 9.63. The Morgan fingerprint density at radius 3 is 1.51 bits per heavy atom. The van der Waals surface area contributed by atoms with Gasteiger partial charge in [-0.2, -0.15) is 0 Å². The third-order valence-electron chi connectivity index (χ3n) is 18.3.